The number of hydrogen-bond acceptors (Lipinski definition) is 3. The molecular formula is C17H18N2O2. The Kier molecular flexibility index (Phi) is 2.60. The van der Waals surface area contributed by atoms with E-state index in [1.54, 1.807) is 4.90 Å². The first-order chi connectivity index (χ1) is 10.1. The van der Waals surface area contributed by atoms with Crippen LogP contribution in [0.15, 0.2) is 30.3 Å². The molecule has 1 aromatic carbocycles. The van der Waals surface area contributed by atoms with Crippen LogP contribution < -0.4 is 0 Å². The molecule has 21 heavy (non-hydrogen) atoms. The van der Waals surface area contributed by atoms with Gasteiger partial charge in [0.1, 0.15) is 5.60 Å². The maximum Gasteiger partial charge on any atom is 0.254 e. The highest BCUT2D eigenvalue weighted by Crippen LogP contribution is 2.44. The zero-order chi connectivity index (χ0) is 14.6. The number of carbonyl (C=O) groups excluding carboxylic acids is 1. The Bertz CT molecular complexity index is 731. The van der Waals surface area contributed by atoms with Crippen LogP contribution in [0.25, 0.3) is 10.9 Å². The largest absolute Gasteiger partial charge is 0.386 e. The zero-order valence-corrected chi connectivity index (χ0v) is 12.0. The van der Waals surface area contributed by atoms with E-state index < -0.39 is 5.60 Å². The fourth-order valence-electron chi connectivity index (χ4n) is 3.29. The van der Waals surface area contributed by atoms with Crippen molar-refractivity contribution < 1.29 is 9.90 Å². The van der Waals surface area contributed by atoms with Gasteiger partial charge < -0.3 is 10.0 Å². The number of carbonyl (C=O) groups is 1. The number of fused-ring (bicyclic) bond motifs is 1. The molecule has 1 aliphatic heterocycles. The number of amides is 1. The number of aliphatic hydroxyl groups is 1. The number of nitrogens with zero attached hydrogens (tertiary/aromatic N) is 2. The average Bonchev–Trinajstić information content (AvgIpc) is 3.27. The molecule has 0 bridgehead atoms. The minimum Gasteiger partial charge on any atom is -0.386 e. The van der Waals surface area contributed by atoms with Gasteiger partial charge in [0.05, 0.1) is 24.2 Å². The molecule has 1 aromatic heterocycles. The number of benzene rings is 1. The van der Waals surface area contributed by atoms with Crippen LogP contribution in [0.4, 0.5) is 0 Å². The van der Waals surface area contributed by atoms with Crippen LogP contribution in [-0.4, -0.2) is 39.6 Å². The Labute approximate surface area is 123 Å². The van der Waals surface area contributed by atoms with Gasteiger partial charge in [-0.15, -0.1) is 0 Å². The van der Waals surface area contributed by atoms with Crippen LogP contribution in [0, 0.1) is 12.8 Å². The third-order valence-corrected chi connectivity index (χ3v) is 4.63. The molecule has 0 spiro atoms. The van der Waals surface area contributed by atoms with E-state index in [0.29, 0.717) is 24.6 Å². The molecular weight excluding hydrogens is 264 g/mol. The Morgan fingerprint density at radius 2 is 2.05 bits per heavy atom. The van der Waals surface area contributed by atoms with Crippen LogP contribution in [0.5, 0.6) is 0 Å². The highest BCUT2D eigenvalue weighted by molar-refractivity contribution is 6.06. The quantitative estimate of drug-likeness (QED) is 0.918. The second kappa shape index (κ2) is 4.28. The van der Waals surface area contributed by atoms with Crippen molar-refractivity contribution in [2.24, 2.45) is 5.92 Å². The molecule has 0 atom stereocenters. The van der Waals surface area contributed by atoms with Crippen molar-refractivity contribution in [1.29, 1.82) is 0 Å². The summed E-state index contributed by atoms with van der Waals surface area (Å²) in [4.78, 5) is 18.9. The van der Waals surface area contributed by atoms with Gasteiger partial charge in [-0.2, -0.15) is 0 Å². The van der Waals surface area contributed by atoms with E-state index in [1.165, 1.54) is 0 Å². The van der Waals surface area contributed by atoms with Crippen molar-refractivity contribution in [2.75, 3.05) is 13.1 Å². The number of β-amino-alcohol motifs (C(OH)–C–C–N with tert-alkyl or cyclic N) is 1. The minimum absolute atomic E-state index is 0.00188. The minimum atomic E-state index is -0.631. The van der Waals surface area contributed by atoms with Crippen LogP contribution in [-0.2, 0) is 0 Å². The Hall–Kier alpha value is -1.94. The Morgan fingerprint density at radius 1 is 1.33 bits per heavy atom. The molecule has 1 amide bonds. The van der Waals surface area contributed by atoms with E-state index in [2.05, 4.69) is 4.98 Å². The second-order valence-electron chi connectivity index (χ2n) is 6.37. The fraction of sp³-hybridized carbons (Fsp3) is 0.412. The van der Waals surface area contributed by atoms with Gasteiger partial charge in [0.25, 0.3) is 5.91 Å². The first kappa shape index (κ1) is 12.8. The van der Waals surface area contributed by atoms with Crippen molar-refractivity contribution in [3.05, 3.63) is 41.6 Å². The van der Waals surface area contributed by atoms with E-state index in [0.717, 1.165) is 29.4 Å². The topological polar surface area (TPSA) is 53.4 Å². The smallest absolute Gasteiger partial charge is 0.254 e. The summed E-state index contributed by atoms with van der Waals surface area (Å²) in [5.41, 5.74) is 1.75. The maximum absolute atomic E-state index is 12.7. The van der Waals surface area contributed by atoms with Crippen molar-refractivity contribution >= 4 is 16.8 Å². The lowest BCUT2D eigenvalue weighted by Gasteiger charge is -2.47. The third kappa shape index (κ3) is 2.02. The van der Waals surface area contributed by atoms with Crippen LogP contribution >= 0.6 is 0 Å². The van der Waals surface area contributed by atoms with E-state index >= 15 is 0 Å². The van der Waals surface area contributed by atoms with E-state index in [1.807, 2.05) is 37.3 Å². The predicted molar refractivity (Wildman–Crippen MR) is 80.1 cm³/mol. The molecule has 2 aliphatic rings. The fourth-order valence-corrected chi connectivity index (χ4v) is 3.29. The van der Waals surface area contributed by atoms with Gasteiger partial charge in [-0.1, -0.05) is 18.2 Å². The van der Waals surface area contributed by atoms with Crippen molar-refractivity contribution in [1.82, 2.24) is 9.88 Å². The molecule has 2 aromatic rings. The first-order valence-electron chi connectivity index (χ1n) is 7.45. The molecule has 1 aliphatic carbocycles. The lowest BCUT2D eigenvalue weighted by Crippen LogP contribution is -2.64. The predicted octanol–water partition coefficient (Wildman–Crippen LogP) is 2.14. The van der Waals surface area contributed by atoms with Gasteiger partial charge in [-0.05, 0) is 37.8 Å². The lowest BCUT2D eigenvalue weighted by atomic mass is 9.88. The summed E-state index contributed by atoms with van der Waals surface area (Å²) in [6, 6.07) is 9.56. The monoisotopic (exact) mass is 282 g/mol. The molecule has 2 fully saturated rings. The molecule has 4 rings (SSSR count). The van der Waals surface area contributed by atoms with Crippen LogP contribution in [0.2, 0.25) is 0 Å². The third-order valence-electron chi connectivity index (χ3n) is 4.63. The summed E-state index contributed by atoms with van der Waals surface area (Å²) in [5, 5.41) is 11.3. The molecule has 1 N–H and O–H groups in total. The van der Waals surface area contributed by atoms with Gasteiger partial charge in [0, 0.05) is 11.1 Å². The molecule has 1 saturated carbocycles. The SMILES string of the molecule is Cc1cc(C(=O)N2CC(O)(C3CC3)C2)c2ccccc2n1. The lowest BCUT2D eigenvalue weighted by molar-refractivity contribution is -0.0957. The highest BCUT2D eigenvalue weighted by Gasteiger charge is 2.53. The van der Waals surface area contributed by atoms with Crippen molar-refractivity contribution in [2.45, 2.75) is 25.4 Å². The number of aromatic nitrogens is 1. The normalized spacial score (nSPS) is 20.4. The van der Waals surface area contributed by atoms with Gasteiger partial charge in [-0.3, -0.25) is 9.78 Å². The highest BCUT2D eigenvalue weighted by atomic mass is 16.3. The Balaban J connectivity index is 1.66. The molecule has 0 unspecified atom stereocenters. The standard InChI is InChI=1S/C17H18N2O2/c1-11-8-14(13-4-2-3-5-15(13)18-11)16(20)19-9-17(21,10-19)12-6-7-12/h2-5,8,12,21H,6-7,9-10H2,1H3. The van der Waals surface area contributed by atoms with E-state index in [9.17, 15) is 9.90 Å². The zero-order valence-electron chi connectivity index (χ0n) is 12.0. The van der Waals surface area contributed by atoms with Gasteiger partial charge in [0.2, 0.25) is 0 Å². The van der Waals surface area contributed by atoms with E-state index in [-0.39, 0.29) is 5.91 Å². The van der Waals surface area contributed by atoms with Crippen molar-refractivity contribution in [3.63, 3.8) is 0 Å². The number of rotatable bonds is 2. The molecule has 4 nitrogen and oxygen atoms in total. The van der Waals surface area contributed by atoms with Crippen LogP contribution in [0.1, 0.15) is 28.9 Å². The maximum atomic E-state index is 12.7. The number of pyridine rings is 1. The molecule has 2 heterocycles. The number of hydrogen-bond donors (Lipinski definition) is 1. The van der Waals surface area contributed by atoms with Crippen molar-refractivity contribution in [3.8, 4) is 0 Å². The molecule has 0 radical (unpaired) electrons. The number of para-hydroxylation sites is 1. The average molecular weight is 282 g/mol. The molecule has 1 saturated heterocycles. The summed E-state index contributed by atoms with van der Waals surface area (Å²) >= 11 is 0. The second-order valence-corrected chi connectivity index (χ2v) is 6.37. The number of likely N-dealkylation sites (tertiary alicyclic amines) is 1. The Morgan fingerprint density at radius 3 is 2.76 bits per heavy atom. The molecule has 108 valence electrons. The van der Waals surface area contributed by atoms with Gasteiger partial charge in [-0.25, -0.2) is 0 Å². The summed E-state index contributed by atoms with van der Waals surface area (Å²) < 4.78 is 0. The summed E-state index contributed by atoms with van der Waals surface area (Å²) in [5.74, 6) is 0.402. The first-order valence-corrected chi connectivity index (χ1v) is 7.45. The van der Waals surface area contributed by atoms with Crippen LogP contribution in [0.3, 0.4) is 0 Å². The molecule has 4 heteroatoms. The summed E-state index contributed by atoms with van der Waals surface area (Å²) in [6.07, 6.45) is 2.19. The summed E-state index contributed by atoms with van der Waals surface area (Å²) in [6.45, 7) is 2.83. The van der Waals surface area contributed by atoms with Gasteiger partial charge >= 0.3 is 0 Å². The van der Waals surface area contributed by atoms with E-state index in [4.69, 9.17) is 0 Å². The summed E-state index contributed by atoms with van der Waals surface area (Å²) in [7, 11) is 0. The number of aryl methyl sites for hydroxylation is 1. The van der Waals surface area contributed by atoms with Gasteiger partial charge in [0.15, 0.2) is 0 Å².